The Morgan fingerprint density at radius 3 is 2.67 bits per heavy atom. The molecule has 1 aliphatic rings. The molecule has 2 rings (SSSR count). The fourth-order valence-corrected chi connectivity index (χ4v) is 3.10. The number of hydrogen-bond donors (Lipinski definition) is 0. The Balaban J connectivity index is 2.12. The first-order valence-electron chi connectivity index (χ1n) is 6.72. The number of benzene rings is 1. The van der Waals surface area contributed by atoms with E-state index >= 15 is 0 Å². The standard InChI is InChI=1S/C16H21NO/c1-13-4-3-9-16(10-13,12-17)11-14-5-7-15(18-2)8-6-14/h5-8,13H,3-4,9-11H2,1-2H3. The van der Waals surface area contributed by atoms with Crippen molar-refractivity contribution in [3.05, 3.63) is 29.8 Å². The monoisotopic (exact) mass is 243 g/mol. The number of ether oxygens (including phenoxy) is 1. The van der Waals surface area contributed by atoms with Crippen molar-refractivity contribution in [1.82, 2.24) is 0 Å². The van der Waals surface area contributed by atoms with E-state index in [2.05, 4.69) is 25.1 Å². The van der Waals surface area contributed by atoms with Gasteiger partial charge in [-0.05, 0) is 42.9 Å². The zero-order chi connectivity index (χ0) is 13.0. The molecule has 96 valence electrons. The lowest BCUT2D eigenvalue weighted by molar-refractivity contribution is 0.209. The second-order valence-corrected chi connectivity index (χ2v) is 5.62. The summed E-state index contributed by atoms with van der Waals surface area (Å²) in [5.41, 5.74) is 1.10. The minimum absolute atomic E-state index is 0.147. The van der Waals surface area contributed by atoms with Gasteiger partial charge in [-0.15, -0.1) is 0 Å². The van der Waals surface area contributed by atoms with Crippen LogP contribution in [0.15, 0.2) is 24.3 Å². The second-order valence-electron chi connectivity index (χ2n) is 5.62. The van der Waals surface area contributed by atoms with E-state index in [-0.39, 0.29) is 5.41 Å². The largest absolute Gasteiger partial charge is 0.497 e. The van der Waals surface area contributed by atoms with Gasteiger partial charge in [-0.25, -0.2) is 0 Å². The SMILES string of the molecule is COc1ccc(CC2(C#N)CCCC(C)C2)cc1. The molecule has 1 aromatic carbocycles. The number of rotatable bonds is 3. The summed E-state index contributed by atoms with van der Waals surface area (Å²) in [6.07, 6.45) is 5.41. The summed E-state index contributed by atoms with van der Waals surface area (Å²) in [5, 5.41) is 9.55. The van der Waals surface area contributed by atoms with Gasteiger partial charge in [0.05, 0.1) is 18.6 Å². The van der Waals surface area contributed by atoms with E-state index in [1.807, 2.05) is 12.1 Å². The molecule has 0 heterocycles. The van der Waals surface area contributed by atoms with Gasteiger partial charge in [0.15, 0.2) is 0 Å². The Morgan fingerprint density at radius 2 is 2.11 bits per heavy atom. The van der Waals surface area contributed by atoms with Gasteiger partial charge >= 0.3 is 0 Å². The van der Waals surface area contributed by atoms with Crippen molar-refractivity contribution in [3.63, 3.8) is 0 Å². The van der Waals surface area contributed by atoms with E-state index in [0.29, 0.717) is 5.92 Å². The highest BCUT2D eigenvalue weighted by Crippen LogP contribution is 2.41. The molecule has 1 aliphatic carbocycles. The Hall–Kier alpha value is -1.49. The third kappa shape index (κ3) is 2.85. The third-order valence-electron chi connectivity index (χ3n) is 4.03. The molecule has 0 radical (unpaired) electrons. The highest BCUT2D eigenvalue weighted by molar-refractivity contribution is 5.29. The second kappa shape index (κ2) is 5.44. The van der Waals surface area contributed by atoms with Crippen LogP contribution in [-0.4, -0.2) is 7.11 Å². The lowest BCUT2D eigenvalue weighted by atomic mass is 9.68. The molecule has 0 aliphatic heterocycles. The summed E-state index contributed by atoms with van der Waals surface area (Å²) < 4.78 is 5.16. The zero-order valence-electron chi connectivity index (χ0n) is 11.3. The molecule has 0 N–H and O–H groups in total. The van der Waals surface area contributed by atoms with Crippen molar-refractivity contribution >= 4 is 0 Å². The van der Waals surface area contributed by atoms with Gasteiger partial charge in [0.1, 0.15) is 5.75 Å². The highest BCUT2D eigenvalue weighted by Gasteiger charge is 2.35. The van der Waals surface area contributed by atoms with Crippen LogP contribution in [0.5, 0.6) is 5.75 Å². The molecule has 0 spiro atoms. The van der Waals surface area contributed by atoms with Crippen molar-refractivity contribution in [2.75, 3.05) is 7.11 Å². The fourth-order valence-electron chi connectivity index (χ4n) is 3.10. The summed E-state index contributed by atoms with van der Waals surface area (Å²) in [7, 11) is 1.68. The lowest BCUT2D eigenvalue weighted by Crippen LogP contribution is -2.28. The van der Waals surface area contributed by atoms with Crippen LogP contribution in [0.25, 0.3) is 0 Å². The maximum atomic E-state index is 9.55. The molecule has 1 fully saturated rings. The van der Waals surface area contributed by atoms with Crippen LogP contribution in [-0.2, 0) is 6.42 Å². The average Bonchev–Trinajstić information content (AvgIpc) is 2.39. The van der Waals surface area contributed by atoms with Gasteiger partial charge in [0.25, 0.3) is 0 Å². The maximum Gasteiger partial charge on any atom is 0.118 e. The molecule has 0 amide bonds. The fraction of sp³-hybridized carbons (Fsp3) is 0.562. The van der Waals surface area contributed by atoms with Gasteiger partial charge in [-0.1, -0.05) is 31.9 Å². The molecule has 1 saturated carbocycles. The molecule has 2 heteroatoms. The van der Waals surface area contributed by atoms with E-state index < -0.39 is 0 Å². The molecular formula is C16H21NO. The van der Waals surface area contributed by atoms with Gasteiger partial charge in [-0.3, -0.25) is 0 Å². The quantitative estimate of drug-likeness (QED) is 0.805. The molecule has 2 atom stereocenters. The van der Waals surface area contributed by atoms with Gasteiger partial charge in [-0.2, -0.15) is 5.26 Å². The van der Waals surface area contributed by atoms with E-state index in [9.17, 15) is 5.26 Å². The first-order valence-corrected chi connectivity index (χ1v) is 6.72. The molecule has 0 bridgehead atoms. The lowest BCUT2D eigenvalue weighted by Gasteiger charge is -2.34. The van der Waals surface area contributed by atoms with E-state index in [4.69, 9.17) is 4.74 Å². The molecule has 1 aromatic rings. The Bertz CT molecular complexity index is 431. The molecule has 0 aromatic heterocycles. The normalized spacial score (nSPS) is 27.5. The number of hydrogen-bond acceptors (Lipinski definition) is 2. The Labute approximate surface area is 110 Å². The molecule has 0 saturated heterocycles. The molecular weight excluding hydrogens is 222 g/mol. The third-order valence-corrected chi connectivity index (χ3v) is 4.03. The van der Waals surface area contributed by atoms with E-state index in [1.165, 1.54) is 18.4 Å². The topological polar surface area (TPSA) is 33.0 Å². The van der Waals surface area contributed by atoms with Crippen LogP contribution in [0, 0.1) is 22.7 Å². The van der Waals surface area contributed by atoms with Crippen molar-refractivity contribution in [2.24, 2.45) is 11.3 Å². The van der Waals surface area contributed by atoms with Gasteiger partial charge in [0, 0.05) is 0 Å². The predicted molar refractivity (Wildman–Crippen MR) is 72.4 cm³/mol. The molecule has 18 heavy (non-hydrogen) atoms. The van der Waals surface area contributed by atoms with E-state index in [1.54, 1.807) is 7.11 Å². The summed E-state index contributed by atoms with van der Waals surface area (Å²) >= 11 is 0. The van der Waals surface area contributed by atoms with Crippen LogP contribution < -0.4 is 4.74 Å². The van der Waals surface area contributed by atoms with Crippen LogP contribution in [0.1, 0.15) is 38.2 Å². The van der Waals surface area contributed by atoms with Gasteiger partial charge in [0.2, 0.25) is 0 Å². The van der Waals surface area contributed by atoms with Crippen LogP contribution in [0.4, 0.5) is 0 Å². The summed E-state index contributed by atoms with van der Waals surface area (Å²) in [4.78, 5) is 0. The van der Waals surface area contributed by atoms with Crippen LogP contribution in [0.2, 0.25) is 0 Å². The summed E-state index contributed by atoms with van der Waals surface area (Å²) in [6.45, 7) is 2.26. The first-order chi connectivity index (χ1) is 8.67. The number of nitrogens with zero attached hydrogens (tertiary/aromatic N) is 1. The number of nitriles is 1. The van der Waals surface area contributed by atoms with Crippen molar-refractivity contribution in [2.45, 2.75) is 39.0 Å². The number of methoxy groups -OCH3 is 1. The first kappa shape index (κ1) is 13.0. The highest BCUT2D eigenvalue weighted by atomic mass is 16.5. The van der Waals surface area contributed by atoms with Crippen LogP contribution in [0.3, 0.4) is 0 Å². The Kier molecular flexibility index (Phi) is 3.91. The Morgan fingerprint density at radius 1 is 1.39 bits per heavy atom. The predicted octanol–water partition coefficient (Wildman–Crippen LogP) is 3.96. The molecule has 2 unspecified atom stereocenters. The maximum absolute atomic E-state index is 9.55. The smallest absolute Gasteiger partial charge is 0.118 e. The minimum Gasteiger partial charge on any atom is -0.497 e. The molecule has 2 nitrogen and oxygen atoms in total. The van der Waals surface area contributed by atoms with Crippen molar-refractivity contribution in [1.29, 1.82) is 5.26 Å². The summed E-state index contributed by atoms with van der Waals surface area (Å²) in [5.74, 6) is 1.55. The van der Waals surface area contributed by atoms with Crippen molar-refractivity contribution < 1.29 is 4.74 Å². The minimum atomic E-state index is -0.147. The average molecular weight is 243 g/mol. The van der Waals surface area contributed by atoms with Gasteiger partial charge < -0.3 is 4.74 Å². The van der Waals surface area contributed by atoms with E-state index in [0.717, 1.165) is 25.0 Å². The van der Waals surface area contributed by atoms with Crippen molar-refractivity contribution in [3.8, 4) is 11.8 Å². The zero-order valence-corrected chi connectivity index (χ0v) is 11.3. The summed E-state index contributed by atoms with van der Waals surface area (Å²) in [6, 6.07) is 10.7. The van der Waals surface area contributed by atoms with Crippen LogP contribution >= 0.6 is 0 Å².